The lowest BCUT2D eigenvalue weighted by Crippen LogP contribution is -2.58. The van der Waals surface area contributed by atoms with Gasteiger partial charge in [0.1, 0.15) is 11.4 Å². The number of aliphatic imine (C=N–C) groups is 1. The number of hydrogen-bond donors (Lipinski definition) is 2. The molecule has 0 spiro atoms. The van der Waals surface area contributed by atoms with E-state index in [1.807, 2.05) is 0 Å². The average Bonchev–Trinajstić information content (AvgIpc) is 2.66. The second-order valence-electron chi connectivity index (χ2n) is 8.15. The lowest BCUT2D eigenvalue weighted by Gasteiger charge is -2.46. The van der Waals surface area contributed by atoms with Crippen LogP contribution in [0.3, 0.4) is 0 Å². The molecule has 0 saturated heterocycles. The maximum absolute atomic E-state index is 14.9. The Kier molecular flexibility index (Phi) is 5.14. The molecule has 2 aromatic rings. The Morgan fingerprint density at radius 2 is 1.63 bits per heavy atom. The summed E-state index contributed by atoms with van der Waals surface area (Å²) in [6.07, 6.45) is 1.14. The van der Waals surface area contributed by atoms with Crippen LogP contribution in [0.15, 0.2) is 52.4 Å². The van der Waals surface area contributed by atoms with Crippen molar-refractivity contribution in [3.8, 4) is 0 Å². The Labute approximate surface area is 175 Å². The highest BCUT2D eigenvalue weighted by Gasteiger charge is 2.53. The van der Waals surface area contributed by atoms with Crippen LogP contribution in [0.4, 0.5) is 15.8 Å². The third-order valence-corrected chi connectivity index (χ3v) is 6.93. The number of halogens is 1. The van der Waals surface area contributed by atoms with Crippen molar-refractivity contribution in [1.82, 2.24) is 4.90 Å². The molecule has 7 nitrogen and oxygen atoms in total. The largest absolute Gasteiger partial charge is 0.369 e. The molecule has 160 valence electrons. The fourth-order valence-electron chi connectivity index (χ4n) is 3.50. The van der Waals surface area contributed by atoms with Crippen LogP contribution < -0.4 is 11.1 Å². The number of carbonyl (C=O) groups excluding carboxylic acids is 1. The van der Waals surface area contributed by atoms with Crippen LogP contribution in [0.5, 0.6) is 0 Å². The summed E-state index contributed by atoms with van der Waals surface area (Å²) < 4.78 is 38.1. The number of sulfone groups is 1. The molecule has 1 atom stereocenters. The first-order valence-corrected chi connectivity index (χ1v) is 11.2. The summed E-state index contributed by atoms with van der Waals surface area (Å²) in [6, 6.07) is 10.7. The smallest absolute Gasteiger partial charge is 0.237 e. The summed E-state index contributed by atoms with van der Waals surface area (Å²) in [5.74, 6) is -0.736. The zero-order valence-electron chi connectivity index (χ0n) is 17.5. The molecule has 0 aliphatic carbocycles. The highest BCUT2D eigenvalue weighted by atomic mass is 32.2. The van der Waals surface area contributed by atoms with E-state index < -0.39 is 26.6 Å². The number of nitrogens with two attached hydrogens (primary N) is 1. The molecule has 1 aliphatic rings. The first-order valence-electron chi connectivity index (χ1n) is 9.28. The van der Waals surface area contributed by atoms with Gasteiger partial charge in [-0.15, -0.1) is 0 Å². The molecule has 30 heavy (non-hydrogen) atoms. The first kappa shape index (κ1) is 21.8. The Bertz CT molecular complexity index is 1140. The van der Waals surface area contributed by atoms with E-state index in [2.05, 4.69) is 10.3 Å². The van der Waals surface area contributed by atoms with E-state index in [-0.39, 0.29) is 22.3 Å². The van der Waals surface area contributed by atoms with E-state index in [1.165, 1.54) is 30.1 Å². The summed E-state index contributed by atoms with van der Waals surface area (Å²) in [6.45, 7) is 5.12. The normalized spacial score (nSPS) is 21.3. The van der Waals surface area contributed by atoms with E-state index in [0.717, 1.165) is 6.26 Å². The molecule has 0 radical (unpaired) electrons. The summed E-state index contributed by atoms with van der Waals surface area (Å²) in [4.78, 5) is 18.8. The SMILES string of the molecule is CN1C(=O)C(C)(C)[C@@](C)(c2cc(Nc3ccc(S(C)(=O)=O)cc3)ccc2F)N=C1N. The fourth-order valence-corrected chi connectivity index (χ4v) is 4.13. The lowest BCUT2D eigenvalue weighted by molar-refractivity contribution is -0.140. The van der Waals surface area contributed by atoms with Gasteiger partial charge in [0.05, 0.1) is 10.3 Å². The standard InChI is InChI=1S/C21H25FN4O3S/c1-20(2)18(27)26(4)19(23)25-21(20,3)16-12-14(8-11-17(16)22)24-13-6-9-15(10-7-13)30(5,28)29/h6-12,24H,1-5H3,(H2,23,25)/t21-/m1/s1. The molecule has 1 aliphatic heterocycles. The van der Waals surface area contributed by atoms with Gasteiger partial charge in [0.15, 0.2) is 15.8 Å². The topological polar surface area (TPSA) is 105 Å². The summed E-state index contributed by atoms with van der Waals surface area (Å²) in [5, 5.41) is 3.13. The minimum atomic E-state index is -3.30. The summed E-state index contributed by atoms with van der Waals surface area (Å²) >= 11 is 0. The highest BCUT2D eigenvalue weighted by Crippen LogP contribution is 2.47. The molecule has 3 rings (SSSR count). The van der Waals surface area contributed by atoms with Gasteiger partial charge in [0.25, 0.3) is 0 Å². The highest BCUT2D eigenvalue weighted by molar-refractivity contribution is 7.90. The van der Waals surface area contributed by atoms with Crippen LogP contribution in [0, 0.1) is 11.2 Å². The number of amides is 1. The summed E-state index contributed by atoms with van der Waals surface area (Å²) in [7, 11) is -1.76. The van der Waals surface area contributed by atoms with Crippen molar-refractivity contribution >= 4 is 33.1 Å². The molecule has 9 heteroatoms. The molecular weight excluding hydrogens is 407 g/mol. The maximum Gasteiger partial charge on any atom is 0.237 e. The molecule has 3 N–H and O–H groups in total. The third-order valence-electron chi connectivity index (χ3n) is 5.80. The molecule has 0 aromatic heterocycles. The van der Waals surface area contributed by atoms with Gasteiger partial charge < -0.3 is 11.1 Å². The Balaban J connectivity index is 2.03. The average molecular weight is 433 g/mol. The fraction of sp³-hybridized carbons (Fsp3) is 0.333. The van der Waals surface area contributed by atoms with Crippen molar-refractivity contribution in [3.63, 3.8) is 0 Å². The van der Waals surface area contributed by atoms with Crippen molar-refractivity contribution in [2.24, 2.45) is 16.1 Å². The predicted molar refractivity (Wildman–Crippen MR) is 115 cm³/mol. The number of hydrogen-bond acceptors (Lipinski definition) is 6. The van der Waals surface area contributed by atoms with Crippen molar-refractivity contribution in [3.05, 3.63) is 53.8 Å². The van der Waals surface area contributed by atoms with E-state index in [4.69, 9.17) is 5.73 Å². The Morgan fingerprint density at radius 1 is 1.07 bits per heavy atom. The van der Waals surface area contributed by atoms with Gasteiger partial charge in [-0.05, 0) is 63.2 Å². The van der Waals surface area contributed by atoms with E-state index in [0.29, 0.717) is 11.4 Å². The number of guanidine groups is 1. The van der Waals surface area contributed by atoms with Crippen LogP contribution in [-0.4, -0.2) is 38.5 Å². The van der Waals surface area contributed by atoms with Gasteiger partial charge in [-0.1, -0.05) is 0 Å². The van der Waals surface area contributed by atoms with E-state index in [1.54, 1.807) is 45.0 Å². The van der Waals surface area contributed by atoms with Crippen LogP contribution in [0.1, 0.15) is 26.3 Å². The number of carbonyl (C=O) groups is 1. The molecular formula is C21H25FN4O3S. The minimum Gasteiger partial charge on any atom is -0.369 e. The minimum absolute atomic E-state index is 0.0240. The molecule has 0 unspecified atom stereocenters. The van der Waals surface area contributed by atoms with Gasteiger partial charge >= 0.3 is 0 Å². The predicted octanol–water partition coefficient (Wildman–Crippen LogP) is 3.00. The lowest BCUT2D eigenvalue weighted by atomic mass is 9.67. The van der Waals surface area contributed by atoms with Crippen molar-refractivity contribution in [2.45, 2.75) is 31.2 Å². The van der Waals surface area contributed by atoms with Gasteiger partial charge in [-0.25, -0.2) is 17.8 Å². The maximum atomic E-state index is 14.9. The van der Waals surface area contributed by atoms with Crippen LogP contribution in [0.25, 0.3) is 0 Å². The van der Waals surface area contributed by atoms with Crippen molar-refractivity contribution in [1.29, 1.82) is 0 Å². The number of nitrogens with one attached hydrogen (secondary N) is 1. The Morgan fingerprint density at radius 3 is 2.20 bits per heavy atom. The quantitative estimate of drug-likeness (QED) is 0.773. The molecule has 0 saturated carbocycles. The monoisotopic (exact) mass is 432 g/mol. The van der Waals surface area contributed by atoms with Crippen LogP contribution in [-0.2, 0) is 20.2 Å². The molecule has 1 heterocycles. The summed E-state index contributed by atoms with van der Waals surface area (Å²) in [5.41, 5.74) is 5.10. The molecule has 0 bridgehead atoms. The molecule has 2 aromatic carbocycles. The number of nitrogens with zero attached hydrogens (tertiary/aromatic N) is 2. The number of rotatable bonds is 4. The number of benzene rings is 2. The molecule has 1 amide bonds. The van der Waals surface area contributed by atoms with Crippen LogP contribution >= 0.6 is 0 Å². The third kappa shape index (κ3) is 3.54. The van der Waals surface area contributed by atoms with Crippen LogP contribution in [0.2, 0.25) is 0 Å². The van der Waals surface area contributed by atoms with E-state index in [9.17, 15) is 17.6 Å². The first-order chi connectivity index (χ1) is 13.8. The second-order valence-corrected chi connectivity index (χ2v) is 10.2. The van der Waals surface area contributed by atoms with Gasteiger partial charge in [0, 0.05) is 30.2 Å². The Hall–Kier alpha value is -2.94. The van der Waals surface area contributed by atoms with E-state index >= 15 is 0 Å². The van der Waals surface area contributed by atoms with Crippen molar-refractivity contribution < 1.29 is 17.6 Å². The van der Waals surface area contributed by atoms with Gasteiger partial charge in [-0.2, -0.15) is 0 Å². The number of anilines is 2. The zero-order valence-corrected chi connectivity index (χ0v) is 18.3. The van der Waals surface area contributed by atoms with Gasteiger partial charge in [0.2, 0.25) is 5.91 Å². The van der Waals surface area contributed by atoms with Crippen molar-refractivity contribution in [2.75, 3.05) is 18.6 Å². The second kappa shape index (κ2) is 7.09. The molecule has 0 fully saturated rings. The zero-order chi connectivity index (χ0) is 22.5. The van der Waals surface area contributed by atoms with Gasteiger partial charge in [-0.3, -0.25) is 9.69 Å².